The Morgan fingerprint density at radius 3 is 2.58 bits per heavy atom. The van der Waals surface area contributed by atoms with Crippen LogP contribution < -0.4 is 0 Å². The van der Waals surface area contributed by atoms with Crippen molar-refractivity contribution >= 4 is 5.97 Å². The second kappa shape index (κ2) is 6.64. The van der Waals surface area contributed by atoms with E-state index in [0.717, 1.165) is 5.57 Å². The molecule has 0 heterocycles. The number of ether oxygens (including phenoxy) is 1. The molecule has 24 heavy (non-hydrogen) atoms. The maximum Gasteiger partial charge on any atom is 0.333 e. The normalized spacial score (nSPS) is 40.1. The molecule has 0 unspecified atom stereocenters. The summed E-state index contributed by atoms with van der Waals surface area (Å²) in [4.78, 5) is 12.4. The van der Waals surface area contributed by atoms with Crippen molar-refractivity contribution in [2.75, 3.05) is 0 Å². The van der Waals surface area contributed by atoms with Crippen LogP contribution in [0.15, 0.2) is 23.3 Å². The van der Waals surface area contributed by atoms with Gasteiger partial charge in [0.2, 0.25) is 0 Å². The average Bonchev–Trinajstić information content (AvgIpc) is 2.74. The monoisotopic (exact) mass is 336 g/mol. The molecular weight excluding hydrogens is 304 g/mol. The van der Waals surface area contributed by atoms with E-state index < -0.39 is 23.2 Å². The van der Waals surface area contributed by atoms with Crippen molar-refractivity contribution in [3.05, 3.63) is 23.3 Å². The lowest BCUT2D eigenvalue weighted by molar-refractivity contribution is -0.166. The second-order valence-corrected chi connectivity index (χ2v) is 8.21. The maximum atomic E-state index is 12.4. The molecule has 0 bridgehead atoms. The molecule has 5 atom stereocenters. The summed E-state index contributed by atoms with van der Waals surface area (Å²) in [6.45, 7) is 11.5. The number of hydrogen-bond donors (Lipinski definition) is 2. The van der Waals surface area contributed by atoms with Crippen LogP contribution in [0.3, 0.4) is 0 Å². The molecule has 1 fully saturated rings. The molecule has 0 saturated heterocycles. The molecule has 2 N–H and O–H groups in total. The van der Waals surface area contributed by atoms with Crippen LogP contribution in [0.2, 0.25) is 0 Å². The zero-order chi connectivity index (χ0) is 18.3. The summed E-state index contributed by atoms with van der Waals surface area (Å²) in [5.74, 6) is -0.603. The predicted octanol–water partition coefficient (Wildman–Crippen LogP) is 3.38. The molecule has 0 aliphatic heterocycles. The Labute approximate surface area is 145 Å². The molecule has 0 radical (unpaired) electrons. The van der Waals surface area contributed by atoms with Crippen LogP contribution in [0.4, 0.5) is 0 Å². The molecule has 2 aliphatic rings. The lowest BCUT2D eigenvalue weighted by Crippen LogP contribution is -2.52. The highest BCUT2D eigenvalue weighted by Gasteiger charge is 2.61. The van der Waals surface area contributed by atoms with Gasteiger partial charge >= 0.3 is 5.97 Å². The van der Waals surface area contributed by atoms with Gasteiger partial charge in [0.1, 0.15) is 6.10 Å². The van der Waals surface area contributed by atoms with Crippen molar-refractivity contribution in [3.63, 3.8) is 0 Å². The van der Waals surface area contributed by atoms with Crippen molar-refractivity contribution in [3.8, 4) is 0 Å². The fourth-order valence-corrected chi connectivity index (χ4v) is 4.50. The first-order chi connectivity index (χ1) is 11.1. The number of rotatable bonds is 3. The van der Waals surface area contributed by atoms with Crippen LogP contribution in [0.25, 0.3) is 0 Å². The van der Waals surface area contributed by atoms with Gasteiger partial charge in [0.05, 0.1) is 11.7 Å². The van der Waals surface area contributed by atoms with Crippen LogP contribution in [-0.4, -0.2) is 34.0 Å². The fourth-order valence-electron chi connectivity index (χ4n) is 4.50. The molecule has 4 nitrogen and oxygen atoms in total. The van der Waals surface area contributed by atoms with E-state index in [1.165, 1.54) is 0 Å². The van der Waals surface area contributed by atoms with Gasteiger partial charge in [-0.1, -0.05) is 38.5 Å². The first kappa shape index (κ1) is 19.2. The molecule has 136 valence electrons. The maximum absolute atomic E-state index is 12.4. The highest BCUT2D eigenvalue weighted by molar-refractivity contribution is 5.87. The second-order valence-electron chi connectivity index (χ2n) is 8.21. The Morgan fingerprint density at radius 1 is 1.42 bits per heavy atom. The lowest BCUT2D eigenvalue weighted by Gasteiger charge is -2.44. The molecule has 2 rings (SSSR count). The van der Waals surface area contributed by atoms with E-state index in [1.54, 1.807) is 13.0 Å². The topological polar surface area (TPSA) is 66.8 Å². The third-order valence-electron chi connectivity index (χ3n) is 6.34. The Balaban J connectivity index is 2.46. The van der Waals surface area contributed by atoms with Crippen LogP contribution in [0.1, 0.15) is 60.8 Å². The number of carbonyl (C=O) groups is 1. The summed E-state index contributed by atoms with van der Waals surface area (Å²) in [6.07, 6.45) is 4.42. The van der Waals surface area contributed by atoms with E-state index >= 15 is 0 Å². The Bertz CT molecular complexity index is 562. The molecule has 4 heteroatoms. The predicted molar refractivity (Wildman–Crippen MR) is 94.3 cm³/mol. The van der Waals surface area contributed by atoms with E-state index in [0.29, 0.717) is 24.8 Å². The summed E-state index contributed by atoms with van der Waals surface area (Å²) >= 11 is 0. The van der Waals surface area contributed by atoms with Gasteiger partial charge in [-0.05, 0) is 39.5 Å². The van der Waals surface area contributed by atoms with Crippen molar-refractivity contribution in [2.24, 2.45) is 17.3 Å². The summed E-state index contributed by atoms with van der Waals surface area (Å²) in [7, 11) is 0. The highest BCUT2D eigenvalue weighted by Crippen LogP contribution is 2.58. The van der Waals surface area contributed by atoms with Gasteiger partial charge in [-0.3, -0.25) is 0 Å². The summed E-state index contributed by atoms with van der Waals surface area (Å²) in [6, 6.07) is 0. The molecule has 0 amide bonds. The van der Waals surface area contributed by atoms with Gasteiger partial charge in [-0.15, -0.1) is 0 Å². The third kappa shape index (κ3) is 3.06. The fraction of sp³-hybridized carbons (Fsp3) is 0.750. The summed E-state index contributed by atoms with van der Waals surface area (Å²) < 4.78 is 5.85. The van der Waals surface area contributed by atoms with Crippen LogP contribution >= 0.6 is 0 Å². The quantitative estimate of drug-likeness (QED) is 0.471. The minimum Gasteiger partial charge on any atom is -0.458 e. The van der Waals surface area contributed by atoms with Gasteiger partial charge in [0, 0.05) is 23.3 Å². The number of fused-ring (bicyclic) bond motifs is 1. The number of aliphatic hydroxyl groups excluding tert-OH is 1. The smallest absolute Gasteiger partial charge is 0.333 e. The van der Waals surface area contributed by atoms with Crippen molar-refractivity contribution in [1.82, 2.24) is 0 Å². The average molecular weight is 336 g/mol. The van der Waals surface area contributed by atoms with Gasteiger partial charge in [-0.25, -0.2) is 4.79 Å². The summed E-state index contributed by atoms with van der Waals surface area (Å²) in [5.41, 5.74) is 0.128. The molecule has 1 saturated carbocycles. The first-order valence-corrected chi connectivity index (χ1v) is 8.98. The zero-order valence-electron chi connectivity index (χ0n) is 15.8. The molecule has 0 aromatic carbocycles. The minimum atomic E-state index is -0.941. The largest absolute Gasteiger partial charge is 0.458 e. The number of esters is 1. The number of carbonyl (C=O) groups excluding carboxylic acids is 1. The van der Waals surface area contributed by atoms with Crippen molar-refractivity contribution < 1.29 is 19.7 Å². The first-order valence-electron chi connectivity index (χ1n) is 8.98. The van der Waals surface area contributed by atoms with E-state index in [9.17, 15) is 15.0 Å². The number of allylic oxidation sites excluding steroid dienone is 1. The molecule has 0 aromatic rings. The van der Waals surface area contributed by atoms with Gasteiger partial charge < -0.3 is 14.9 Å². The Morgan fingerprint density at radius 2 is 2.04 bits per heavy atom. The van der Waals surface area contributed by atoms with Gasteiger partial charge in [0.15, 0.2) is 0 Å². The van der Waals surface area contributed by atoms with Gasteiger partial charge in [0.25, 0.3) is 0 Å². The zero-order valence-corrected chi connectivity index (χ0v) is 15.8. The Kier molecular flexibility index (Phi) is 5.31. The molecule has 0 spiro atoms. The standard InChI is InChI=1S/C20H32O4/c1-7-14(5)18(22)24-15-10-13(4)11-16(21)19(6)8-9-20(23,12(2)3)17(15)19/h7,11-12,15-17,21,23H,8-10H2,1-6H3/b14-7+/t15-,16+,17+,19+,20+/m0/s1. The third-order valence-corrected chi connectivity index (χ3v) is 6.34. The molecule has 2 aliphatic carbocycles. The highest BCUT2D eigenvalue weighted by atomic mass is 16.5. The molecule has 0 aromatic heterocycles. The van der Waals surface area contributed by atoms with Crippen molar-refractivity contribution in [1.29, 1.82) is 0 Å². The lowest BCUT2D eigenvalue weighted by atomic mass is 9.66. The van der Waals surface area contributed by atoms with Crippen LogP contribution in [0, 0.1) is 17.3 Å². The number of hydrogen-bond acceptors (Lipinski definition) is 4. The molecular formula is C20H32O4. The van der Waals surface area contributed by atoms with Crippen molar-refractivity contribution in [2.45, 2.75) is 78.6 Å². The van der Waals surface area contributed by atoms with Crippen LogP contribution in [-0.2, 0) is 9.53 Å². The SMILES string of the molecule is C/C=C(\C)C(=O)O[C@H]1CC(C)=C[C@@H](O)[C@@]2(C)CC[C@@](O)(C(C)C)[C@H]12. The van der Waals surface area contributed by atoms with E-state index in [-0.39, 0.29) is 17.8 Å². The van der Waals surface area contributed by atoms with E-state index in [4.69, 9.17) is 4.74 Å². The summed E-state index contributed by atoms with van der Waals surface area (Å²) in [5, 5.41) is 22.2. The van der Waals surface area contributed by atoms with E-state index in [2.05, 4.69) is 0 Å². The number of aliphatic hydroxyl groups is 2. The van der Waals surface area contributed by atoms with E-state index in [1.807, 2.05) is 40.7 Å². The van der Waals surface area contributed by atoms with Crippen LogP contribution in [0.5, 0.6) is 0 Å². The van der Waals surface area contributed by atoms with Gasteiger partial charge in [-0.2, -0.15) is 0 Å². The minimum absolute atomic E-state index is 0.0268. The Hall–Kier alpha value is -1.13.